The third kappa shape index (κ3) is 3.84. The fourth-order valence-electron chi connectivity index (χ4n) is 1.53. The molecule has 2 heterocycles. The molecular formula is C11H17N9O. The summed E-state index contributed by atoms with van der Waals surface area (Å²) in [6.07, 6.45) is 2.79. The second-order valence-electron chi connectivity index (χ2n) is 4.69. The molecule has 0 fully saturated rings. The third-order valence-corrected chi connectivity index (χ3v) is 2.43. The summed E-state index contributed by atoms with van der Waals surface area (Å²) in [4.78, 5) is 27.7. The molecule has 0 saturated carbocycles. The SMILES string of the molecule is CC(C)NC(=O)C(C)Nc1nc(N)nc(-n2cncn2)n1. The van der Waals surface area contributed by atoms with Crippen molar-refractivity contribution < 1.29 is 4.79 Å². The Labute approximate surface area is 121 Å². The molecule has 0 spiro atoms. The van der Waals surface area contributed by atoms with Crippen molar-refractivity contribution in [1.82, 2.24) is 35.0 Å². The van der Waals surface area contributed by atoms with Crippen molar-refractivity contribution in [3.8, 4) is 5.95 Å². The molecule has 21 heavy (non-hydrogen) atoms. The van der Waals surface area contributed by atoms with Gasteiger partial charge in [-0.05, 0) is 20.8 Å². The molecule has 4 N–H and O–H groups in total. The van der Waals surface area contributed by atoms with Crippen LogP contribution in [0.15, 0.2) is 12.7 Å². The Kier molecular flexibility index (Phi) is 4.26. The van der Waals surface area contributed by atoms with E-state index in [1.807, 2.05) is 13.8 Å². The van der Waals surface area contributed by atoms with Crippen molar-refractivity contribution >= 4 is 17.8 Å². The minimum absolute atomic E-state index is 0.0227. The highest BCUT2D eigenvalue weighted by atomic mass is 16.2. The van der Waals surface area contributed by atoms with Gasteiger partial charge in [-0.1, -0.05) is 0 Å². The van der Waals surface area contributed by atoms with Gasteiger partial charge >= 0.3 is 0 Å². The summed E-state index contributed by atoms with van der Waals surface area (Å²) in [5, 5.41) is 9.58. The number of rotatable bonds is 5. The molecule has 0 saturated heterocycles. The largest absolute Gasteiger partial charge is 0.368 e. The van der Waals surface area contributed by atoms with Crippen molar-refractivity contribution in [3.05, 3.63) is 12.7 Å². The molecular weight excluding hydrogens is 274 g/mol. The molecule has 2 aromatic rings. The van der Waals surface area contributed by atoms with E-state index >= 15 is 0 Å². The van der Waals surface area contributed by atoms with Gasteiger partial charge in [-0.25, -0.2) is 4.98 Å². The van der Waals surface area contributed by atoms with E-state index in [0.29, 0.717) is 0 Å². The molecule has 0 aliphatic rings. The number of hydrogen-bond acceptors (Lipinski definition) is 8. The maximum Gasteiger partial charge on any atom is 0.258 e. The molecule has 1 atom stereocenters. The first kappa shape index (κ1) is 14.6. The number of nitrogens with zero attached hydrogens (tertiary/aromatic N) is 6. The van der Waals surface area contributed by atoms with Gasteiger partial charge < -0.3 is 16.4 Å². The molecule has 1 amide bonds. The molecule has 2 aromatic heterocycles. The van der Waals surface area contributed by atoms with Crippen LogP contribution >= 0.6 is 0 Å². The topological polar surface area (TPSA) is 137 Å². The number of amides is 1. The van der Waals surface area contributed by atoms with Gasteiger partial charge in [0.25, 0.3) is 5.95 Å². The monoisotopic (exact) mass is 291 g/mol. The van der Waals surface area contributed by atoms with Gasteiger partial charge in [-0.3, -0.25) is 4.79 Å². The van der Waals surface area contributed by atoms with E-state index in [2.05, 4.69) is 35.7 Å². The molecule has 0 bridgehead atoms. The minimum atomic E-state index is -0.516. The molecule has 2 rings (SSSR count). The van der Waals surface area contributed by atoms with E-state index in [9.17, 15) is 4.79 Å². The van der Waals surface area contributed by atoms with Crippen LogP contribution in [0.4, 0.5) is 11.9 Å². The summed E-state index contributed by atoms with van der Waals surface area (Å²) < 4.78 is 1.35. The summed E-state index contributed by atoms with van der Waals surface area (Å²) >= 11 is 0. The lowest BCUT2D eigenvalue weighted by Crippen LogP contribution is -2.41. The standard InChI is InChI=1S/C11H17N9O/c1-6(2)15-8(21)7(3)16-10-17-9(12)18-11(19-10)20-5-13-4-14-20/h4-7H,1-3H3,(H,15,21)(H3,12,16,17,18,19). The van der Waals surface area contributed by atoms with Crippen molar-refractivity contribution in [1.29, 1.82) is 0 Å². The average Bonchev–Trinajstić information content (AvgIpc) is 2.90. The molecule has 10 heteroatoms. The molecule has 0 aliphatic carbocycles. The highest BCUT2D eigenvalue weighted by Gasteiger charge is 2.16. The van der Waals surface area contributed by atoms with Crippen LogP contribution in [0.5, 0.6) is 0 Å². The maximum atomic E-state index is 11.9. The summed E-state index contributed by atoms with van der Waals surface area (Å²) in [5.74, 6) is 0.277. The van der Waals surface area contributed by atoms with E-state index in [4.69, 9.17) is 5.73 Å². The van der Waals surface area contributed by atoms with Crippen LogP contribution in [0.2, 0.25) is 0 Å². The van der Waals surface area contributed by atoms with Gasteiger partial charge in [-0.2, -0.15) is 24.7 Å². The average molecular weight is 291 g/mol. The van der Waals surface area contributed by atoms with Crippen LogP contribution in [-0.2, 0) is 4.79 Å². The Morgan fingerprint density at radius 3 is 2.67 bits per heavy atom. The quantitative estimate of drug-likeness (QED) is 0.661. The molecule has 0 aromatic carbocycles. The number of nitrogen functional groups attached to an aromatic ring is 1. The zero-order valence-corrected chi connectivity index (χ0v) is 12.0. The van der Waals surface area contributed by atoms with Crippen LogP contribution in [-0.4, -0.2) is 47.7 Å². The van der Waals surface area contributed by atoms with Crippen molar-refractivity contribution in [2.24, 2.45) is 0 Å². The van der Waals surface area contributed by atoms with Crippen LogP contribution in [0.1, 0.15) is 20.8 Å². The number of carbonyl (C=O) groups excluding carboxylic acids is 1. The first-order valence-electron chi connectivity index (χ1n) is 6.39. The van der Waals surface area contributed by atoms with Crippen LogP contribution in [0.25, 0.3) is 5.95 Å². The summed E-state index contributed by atoms with van der Waals surface area (Å²) in [5.41, 5.74) is 5.63. The van der Waals surface area contributed by atoms with E-state index in [0.717, 1.165) is 0 Å². The lowest BCUT2D eigenvalue weighted by molar-refractivity contribution is -0.122. The summed E-state index contributed by atoms with van der Waals surface area (Å²) in [6.45, 7) is 5.47. The molecule has 1 unspecified atom stereocenters. The molecule has 10 nitrogen and oxygen atoms in total. The van der Waals surface area contributed by atoms with Gasteiger partial charge in [0, 0.05) is 6.04 Å². The first-order valence-corrected chi connectivity index (χ1v) is 6.39. The van der Waals surface area contributed by atoms with Gasteiger partial charge in [-0.15, -0.1) is 0 Å². The summed E-state index contributed by atoms with van der Waals surface area (Å²) in [7, 11) is 0. The summed E-state index contributed by atoms with van der Waals surface area (Å²) in [6, 6.07) is -0.464. The maximum absolute atomic E-state index is 11.9. The van der Waals surface area contributed by atoms with E-state index in [-0.39, 0.29) is 29.8 Å². The Morgan fingerprint density at radius 2 is 2.05 bits per heavy atom. The van der Waals surface area contributed by atoms with Crippen molar-refractivity contribution in [2.75, 3.05) is 11.1 Å². The van der Waals surface area contributed by atoms with Crippen LogP contribution in [0, 0.1) is 0 Å². The third-order valence-electron chi connectivity index (χ3n) is 2.43. The van der Waals surface area contributed by atoms with Gasteiger partial charge in [0.05, 0.1) is 0 Å². The van der Waals surface area contributed by atoms with Crippen LogP contribution in [0.3, 0.4) is 0 Å². The predicted molar refractivity (Wildman–Crippen MR) is 75.5 cm³/mol. The van der Waals surface area contributed by atoms with Gasteiger partial charge in [0.2, 0.25) is 17.8 Å². The normalized spacial score (nSPS) is 12.2. The zero-order chi connectivity index (χ0) is 15.4. The lowest BCUT2D eigenvalue weighted by atomic mass is 10.3. The highest BCUT2D eigenvalue weighted by Crippen LogP contribution is 2.07. The molecule has 0 radical (unpaired) electrons. The number of carbonyl (C=O) groups is 1. The molecule has 112 valence electrons. The highest BCUT2D eigenvalue weighted by molar-refractivity contribution is 5.83. The Bertz CT molecular complexity index is 610. The van der Waals surface area contributed by atoms with Gasteiger partial charge in [0.1, 0.15) is 18.7 Å². The van der Waals surface area contributed by atoms with Crippen molar-refractivity contribution in [2.45, 2.75) is 32.9 Å². The smallest absolute Gasteiger partial charge is 0.258 e. The Morgan fingerprint density at radius 1 is 1.29 bits per heavy atom. The van der Waals surface area contributed by atoms with E-state index in [1.165, 1.54) is 17.3 Å². The number of hydrogen-bond donors (Lipinski definition) is 3. The number of aromatic nitrogens is 6. The van der Waals surface area contributed by atoms with E-state index < -0.39 is 6.04 Å². The van der Waals surface area contributed by atoms with Crippen molar-refractivity contribution in [3.63, 3.8) is 0 Å². The number of anilines is 2. The first-order chi connectivity index (χ1) is 9.95. The Balaban J connectivity index is 2.15. The number of nitrogens with one attached hydrogen (secondary N) is 2. The van der Waals surface area contributed by atoms with Gasteiger partial charge in [0.15, 0.2) is 0 Å². The lowest BCUT2D eigenvalue weighted by Gasteiger charge is -2.16. The second-order valence-corrected chi connectivity index (χ2v) is 4.69. The van der Waals surface area contributed by atoms with Crippen LogP contribution < -0.4 is 16.4 Å². The Hall–Kier alpha value is -2.78. The molecule has 0 aliphatic heterocycles. The second kappa shape index (κ2) is 6.11. The predicted octanol–water partition coefficient (Wildman–Crippen LogP) is -0.640. The fourth-order valence-corrected chi connectivity index (χ4v) is 1.53. The van der Waals surface area contributed by atoms with E-state index in [1.54, 1.807) is 6.92 Å². The number of nitrogens with two attached hydrogens (primary N) is 1. The fraction of sp³-hybridized carbons (Fsp3) is 0.455. The zero-order valence-electron chi connectivity index (χ0n) is 12.0. The minimum Gasteiger partial charge on any atom is -0.368 e.